The highest BCUT2D eigenvalue weighted by atomic mass is 35.5. The fraction of sp³-hybridized carbons (Fsp3) is 0.615. The summed E-state index contributed by atoms with van der Waals surface area (Å²) in [5.41, 5.74) is -0.511. The fourth-order valence-corrected chi connectivity index (χ4v) is 3.52. The van der Waals surface area contributed by atoms with E-state index in [0.29, 0.717) is 18.9 Å². The number of pyridine rings is 1. The van der Waals surface area contributed by atoms with E-state index in [1.54, 1.807) is 0 Å². The second-order valence-electron chi connectivity index (χ2n) is 5.72. The van der Waals surface area contributed by atoms with Crippen LogP contribution >= 0.6 is 11.6 Å². The van der Waals surface area contributed by atoms with Crippen LogP contribution in [0.3, 0.4) is 0 Å². The number of hydrogen-bond donors (Lipinski definition) is 2. The van der Waals surface area contributed by atoms with E-state index in [9.17, 15) is 13.2 Å². The summed E-state index contributed by atoms with van der Waals surface area (Å²) in [4.78, 5) is 15.4. The van der Waals surface area contributed by atoms with Crippen molar-refractivity contribution in [3.8, 4) is 0 Å². The van der Waals surface area contributed by atoms with Gasteiger partial charge in [0.1, 0.15) is 5.02 Å². The van der Waals surface area contributed by atoms with Crippen molar-refractivity contribution in [1.29, 1.82) is 0 Å². The lowest BCUT2D eigenvalue weighted by Crippen LogP contribution is -2.42. The van der Waals surface area contributed by atoms with Crippen LogP contribution in [0.15, 0.2) is 22.0 Å². The molecule has 1 heterocycles. The normalized spacial score (nSPS) is 13.9. The van der Waals surface area contributed by atoms with Crippen LogP contribution in [-0.4, -0.2) is 45.0 Å². The summed E-state index contributed by atoms with van der Waals surface area (Å²) in [6.45, 7) is 4.66. The summed E-state index contributed by atoms with van der Waals surface area (Å²) in [6, 6.07) is 0.945. The molecule has 0 saturated carbocycles. The number of likely N-dealkylation sites (N-methyl/N-ethyl adjacent to an activating group) is 1. The van der Waals surface area contributed by atoms with E-state index in [1.165, 1.54) is 0 Å². The second kappa shape index (κ2) is 7.40. The van der Waals surface area contributed by atoms with Gasteiger partial charge in [0.25, 0.3) is 5.56 Å². The van der Waals surface area contributed by atoms with Gasteiger partial charge in [0.2, 0.25) is 10.0 Å². The predicted molar refractivity (Wildman–Crippen MR) is 84.2 cm³/mol. The Bertz CT molecular complexity index is 616. The van der Waals surface area contributed by atoms with E-state index in [2.05, 4.69) is 9.71 Å². The Kier molecular flexibility index (Phi) is 6.40. The van der Waals surface area contributed by atoms with E-state index >= 15 is 0 Å². The third-order valence-electron chi connectivity index (χ3n) is 2.80. The van der Waals surface area contributed by atoms with Gasteiger partial charge in [0, 0.05) is 18.8 Å². The molecule has 1 aromatic rings. The Balaban J connectivity index is 2.99. The SMILES string of the molecule is CC(C)CC(CN(C)C)NS(=O)(=O)c1c[nH]c(=O)c(Cl)c1. The lowest BCUT2D eigenvalue weighted by molar-refractivity contribution is 0.329. The van der Waals surface area contributed by atoms with Crippen molar-refractivity contribution >= 4 is 21.6 Å². The molecule has 0 fully saturated rings. The molecular weight excluding hydrogens is 314 g/mol. The van der Waals surface area contributed by atoms with Crippen molar-refractivity contribution in [3.05, 3.63) is 27.6 Å². The molecule has 8 heteroatoms. The van der Waals surface area contributed by atoms with Gasteiger partial charge in [0.05, 0.1) is 4.90 Å². The molecule has 1 aromatic heterocycles. The van der Waals surface area contributed by atoms with Gasteiger partial charge in [-0.15, -0.1) is 0 Å². The summed E-state index contributed by atoms with van der Waals surface area (Å²) < 4.78 is 27.4. The topological polar surface area (TPSA) is 82.3 Å². The Hall–Kier alpha value is -0.890. The maximum atomic E-state index is 12.4. The first-order chi connectivity index (χ1) is 9.61. The molecule has 21 heavy (non-hydrogen) atoms. The maximum Gasteiger partial charge on any atom is 0.266 e. The van der Waals surface area contributed by atoms with E-state index in [1.807, 2.05) is 32.8 Å². The summed E-state index contributed by atoms with van der Waals surface area (Å²) in [6.07, 6.45) is 1.87. The molecule has 0 spiro atoms. The van der Waals surface area contributed by atoms with Crippen molar-refractivity contribution in [2.24, 2.45) is 5.92 Å². The largest absolute Gasteiger partial charge is 0.326 e. The van der Waals surface area contributed by atoms with Gasteiger partial charge in [-0.1, -0.05) is 25.4 Å². The summed E-state index contributed by atoms with van der Waals surface area (Å²) >= 11 is 5.68. The van der Waals surface area contributed by atoms with Crippen molar-refractivity contribution < 1.29 is 8.42 Å². The van der Waals surface area contributed by atoms with Crippen LogP contribution in [0.5, 0.6) is 0 Å². The molecule has 0 amide bonds. The minimum Gasteiger partial charge on any atom is -0.326 e. The molecule has 0 radical (unpaired) electrons. The molecule has 120 valence electrons. The highest BCUT2D eigenvalue weighted by Gasteiger charge is 2.22. The van der Waals surface area contributed by atoms with Crippen LogP contribution in [-0.2, 0) is 10.0 Å². The number of hydrogen-bond acceptors (Lipinski definition) is 4. The minimum absolute atomic E-state index is 0.0420. The van der Waals surface area contributed by atoms with Gasteiger partial charge in [0.15, 0.2) is 0 Å². The number of aromatic amines is 1. The Morgan fingerprint density at radius 1 is 1.38 bits per heavy atom. The summed E-state index contributed by atoms with van der Waals surface area (Å²) in [5.74, 6) is 0.358. The number of nitrogens with one attached hydrogen (secondary N) is 2. The van der Waals surface area contributed by atoms with Crippen molar-refractivity contribution in [2.45, 2.75) is 31.2 Å². The van der Waals surface area contributed by atoms with Crippen molar-refractivity contribution in [2.75, 3.05) is 20.6 Å². The molecule has 1 rings (SSSR count). The molecule has 0 aliphatic carbocycles. The minimum atomic E-state index is -3.72. The zero-order valence-electron chi connectivity index (χ0n) is 12.7. The molecule has 0 aliphatic rings. The van der Waals surface area contributed by atoms with E-state index in [4.69, 9.17) is 11.6 Å². The zero-order chi connectivity index (χ0) is 16.2. The molecule has 0 aromatic carbocycles. The molecule has 6 nitrogen and oxygen atoms in total. The van der Waals surface area contributed by atoms with E-state index < -0.39 is 15.6 Å². The van der Waals surface area contributed by atoms with E-state index in [0.717, 1.165) is 12.3 Å². The van der Waals surface area contributed by atoms with Gasteiger partial charge in [-0.25, -0.2) is 13.1 Å². The number of aromatic nitrogens is 1. The van der Waals surface area contributed by atoms with Crippen LogP contribution < -0.4 is 10.3 Å². The van der Waals surface area contributed by atoms with Crippen LogP contribution in [0.2, 0.25) is 5.02 Å². The average molecular weight is 336 g/mol. The zero-order valence-corrected chi connectivity index (χ0v) is 14.3. The molecule has 0 saturated heterocycles. The number of rotatable bonds is 7. The van der Waals surface area contributed by atoms with Crippen molar-refractivity contribution in [1.82, 2.24) is 14.6 Å². The Morgan fingerprint density at radius 3 is 2.48 bits per heavy atom. The van der Waals surface area contributed by atoms with Gasteiger partial charge in [-0.05, 0) is 32.5 Å². The number of sulfonamides is 1. The quantitative estimate of drug-likeness (QED) is 0.786. The van der Waals surface area contributed by atoms with Gasteiger partial charge < -0.3 is 9.88 Å². The standard InChI is InChI=1S/C13H22ClN3O3S/c1-9(2)5-10(8-17(3)4)16-21(19,20)11-6-12(14)13(18)15-7-11/h6-7,9-10,16H,5,8H2,1-4H3,(H,15,18). The number of H-pyrrole nitrogens is 1. The summed E-state index contributed by atoms with van der Waals surface area (Å²) in [5, 5.41) is -0.147. The lowest BCUT2D eigenvalue weighted by atomic mass is 10.0. The Morgan fingerprint density at radius 2 is 2.00 bits per heavy atom. The summed E-state index contributed by atoms with van der Waals surface area (Å²) in [7, 11) is 0.0535. The fourth-order valence-electron chi connectivity index (χ4n) is 2.05. The first-order valence-electron chi connectivity index (χ1n) is 6.67. The average Bonchev–Trinajstić information content (AvgIpc) is 2.29. The van der Waals surface area contributed by atoms with Crippen LogP contribution in [0.25, 0.3) is 0 Å². The van der Waals surface area contributed by atoms with Crippen molar-refractivity contribution in [3.63, 3.8) is 0 Å². The molecule has 1 atom stereocenters. The van der Waals surface area contributed by atoms with Gasteiger partial charge in [-0.3, -0.25) is 4.79 Å². The van der Waals surface area contributed by atoms with Gasteiger partial charge >= 0.3 is 0 Å². The van der Waals surface area contributed by atoms with Gasteiger partial charge in [-0.2, -0.15) is 0 Å². The Labute approximate surface area is 130 Å². The number of nitrogens with zero attached hydrogens (tertiary/aromatic N) is 1. The first-order valence-corrected chi connectivity index (χ1v) is 8.53. The molecule has 0 aliphatic heterocycles. The highest BCUT2D eigenvalue weighted by Crippen LogP contribution is 2.13. The molecule has 0 bridgehead atoms. The van der Waals surface area contributed by atoms with Crippen LogP contribution in [0.1, 0.15) is 20.3 Å². The van der Waals surface area contributed by atoms with Crippen LogP contribution in [0.4, 0.5) is 0 Å². The lowest BCUT2D eigenvalue weighted by Gasteiger charge is -2.23. The third kappa shape index (κ3) is 5.78. The monoisotopic (exact) mass is 335 g/mol. The maximum absolute atomic E-state index is 12.4. The molecular formula is C13H22ClN3O3S. The first kappa shape index (κ1) is 18.2. The molecule has 1 unspecified atom stereocenters. The predicted octanol–water partition coefficient (Wildman–Crippen LogP) is 1.28. The molecule has 2 N–H and O–H groups in total. The smallest absolute Gasteiger partial charge is 0.266 e. The second-order valence-corrected chi connectivity index (χ2v) is 7.84. The highest BCUT2D eigenvalue weighted by molar-refractivity contribution is 7.89. The van der Waals surface area contributed by atoms with E-state index in [-0.39, 0.29) is 16.0 Å². The van der Waals surface area contributed by atoms with Crippen LogP contribution in [0, 0.1) is 5.92 Å². The third-order valence-corrected chi connectivity index (χ3v) is 4.59. The number of halogens is 1.